The number of benzene rings is 2. The third-order valence-electron chi connectivity index (χ3n) is 4.62. The van der Waals surface area contributed by atoms with Crippen LogP contribution in [0, 0.1) is 11.7 Å². The topological polar surface area (TPSA) is 58.6 Å². The Balaban J connectivity index is 1.58. The number of methoxy groups -OCH3 is 1. The van der Waals surface area contributed by atoms with Crippen molar-refractivity contribution in [2.24, 2.45) is 5.92 Å². The minimum absolute atomic E-state index is 0.0509. The highest BCUT2D eigenvalue weighted by atomic mass is 35.5. The van der Waals surface area contributed by atoms with Crippen molar-refractivity contribution in [1.82, 2.24) is 5.32 Å². The maximum atomic E-state index is 13.3. The average Bonchev–Trinajstić information content (AvgIpc) is 3.06. The summed E-state index contributed by atoms with van der Waals surface area (Å²) >= 11 is 5.79. The minimum Gasteiger partial charge on any atom is -0.496 e. The molecule has 2 amide bonds. The molecule has 1 aliphatic heterocycles. The van der Waals surface area contributed by atoms with Crippen LogP contribution in [0.25, 0.3) is 0 Å². The monoisotopic (exact) mass is 390 g/mol. The summed E-state index contributed by atoms with van der Waals surface area (Å²) in [5, 5.41) is 2.77. The third-order valence-corrected chi connectivity index (χ3v) is 4.91. The van der Waals surface area contributed by atoms with Gasteiger partial charge in [0.25, 0.3) is 0 Å². The number of nitrogens with zero attached hydrogens (tertiary/aromatic N) is 1. The highest BCUT2D eigenvalue weighted by Gasteiger charge is 2.37. The van der Waals surface area contributed by atoms with Gasteiger partial charge in [0.15, 0.2) is 0 Å². The molecule has 1 saturated heterocycles. The van der Waals surface area contributed by atoms with Crippen molar-refractivity contribution in [3.05, 3.63) is 58.9 Å². The lowest BCUT2D eigenvalue weighted by atomic mass is 10.1. The molecule has 7 heteroatoms. The van der Waals surface area contributed by atoms with Gasteiger partial charge in [-0.3, -0.25) is 9.59 Å². The van der Waals surface area contributed by atoms with Gasteiger partial charge in [-0.05, 0) is 42.7 Å². The van der Waals surface area contributed by atoms with Gasteiger partial charge in [-0.1, -0.05) is 29.8 Å². The summed E-state index contributed by atoms with van der Waals surface area (Å²) in [6, 6.07) is 11.7. The van der Waals surface area contributed by atoms with Crippen molar-refractivity contribution in [3.63, 3.8) is 0 Å². The predicted molar refractivity (Wildman–Crippen MR) is 102 cm³/mol. The molecular weight excluding hydrogens is 371 g/mol. The van der Waals surface area contributed by atoms with Crippen molar-refractivity contribution in [3.8, 4) is 5.75 Å². The molecule has 0 saturated carbocycles. The summed E-state index contributed by atoms with van der Waals surface area (Å²) in [6.45, 7) is 0.802. The smallest absolute Gasteiger partial charge is 0.239 e. The Labute approximate surface area is 162 Å². The molecule has 0 bridgehead atoms. The second-order valence-electron chi connectivity index (χ2n) is 6.28. The van der Waals surface area contributed by atoms with E-state index in [-0.39, 0.29) is 16.8 Å². The van der Waals surface area contributed by atoms with Gasteiger partial charge in [0, 0.05) is 18.8 Å². The number of ether oxygens (including phenoxy) is 1. The van der Waals surface area contributed by atoms with Gasteiger partial charge in [0.1, 0.15) is 17.5 Å². The van der Waals surface area contributed by atoms with Crippen molar-refractivity contribution < 1.29 is 18.7 Å². The van der Waals surface area contributed by atoms with Gasteiger partial charge in [-0.15, -0.1) is 0 Å². The number of anilines is 1. The van der Waals surface area contributed by atoms with Crippen LogP contribution in [-0.4, -0.2) is 32.0 Å². The van der Waals surface area contributed by atoms with Crippen molar-refractivity contribution >= 4 is 29.1 Å². The predicted octanol–water partition coefficient (Wildman–Crippen LogP) is 3.20. The van der Waals surface area contributed by atoms with E-state index in [0.717, 1.165) is 11.3 Å². The molecule has 1 N–H and O–H groups in total. The molecule has 0 aromatic heterocycles. The molecule has 1 heterocycles. The Kier molecular flexibility index (Phi) is 5.96. The lowest BCUT2D eigenvalue weighted by Gasteiger charge is -2.17. The highest BCUT2D eigenvalue weighted by molar-refractivity contribution is 6.31. The molecule has 0 spiro atoms. The van der Waals surface area contributed by atoms with Crippen LogP contribution >= 0.6 is 11.6 Å². The zero-order valence-corrected chi connectivity index (χ0v) is 15.6. The van der Waals surface area contributed by atoms with Crippen LogP contribution in [0.15, 0.2) is 42.5 Å². The number of halogens is 2. The summed E-state index contributed by atoms with van der Waals surface area (Å²) in [5.74, 6) is -1.12. The average molecular weight is 391 g/mol. The van der Waals surface area contributed by atoms with Gasteiger partial charge in [-0.2, -0.15) is 0 Å². The molecule has 5 nitrogen and oxygen atoms in total. The van der Waals surface area contributed by atoms with Crippen molar-refractivity contribution in [2.45, 2.75) is 12.8 Å². The normalized spacial score (nSPS) is 16.5. The second kappa shape index (κ2) is 8.39. The molecule has 3 rings (SSSR count). The molecule has 0 radical (unpaired) electrons. The summed E-state index contributed by atoms with van der Waals surface area (Å²) < 4.78 is 18.6. The summed E-state index contributed by atoms with van der Waals surface area (Å²) in [4.78, 5) is 26.5. The van der Waals surface area contributed by atoms with Crippen molar-refractivity contribution in [2.75, 3.05) is 25.1 Å². The number of carbonyl (C=O) groups excluding carboxylic acids is 2. The third kappa shape index (κ3) is 4.22. The number of para-hydroxylation sites is 1. The second-order valence-corrected chi connectivity index (χ2v) is 6.69. The van der Waals surface area contributed by atoms with Gasteiger partial charge >= 0.3 is 0 Å². The number of carbonyl (C=O) groups is 2. The van der Waals surface area contributed by atoms with E-state index >= 15 is 0 Å². The van der Waals surface area contributed by atoms with Crippen LogP contribution < -0.4 is 15.0 Å². The Bertz CT molecular complexity index is 859. The van der Waals surface area contributed by atoms with E-state index in [1.807, 2.05) is 24.3 Å². The summed E-state index contributed by atoms with van der Waals surface area (Å²) in [7, 11) is 1.60. The molecule has 1 fully saturated rings. The first kappa shape index (κ1) is 19.2. The van der Waals surface area contributed by atoms with Crippen LogP contribution in [-0.2, 0) is 16.0 Å². The molecule has 1 unspecified atom stereocenters. The fourth-order valence-electron chi connectivity index (χ4n) is 3.19. The molecule has 0 aliphatic carbocycles. The molecule has 1 atom stereocenters. The van der Waals surface area contributed by atoms with Gasteiger partial charge < -0.3 is 15.0 Å². The molecule has 142 valence electrons. The number of amides is 2. The fourth-order valence-corrected chi connectivity index (χ4v) is 3.36. The zero-order chi connectivity index (χ0) is 19.4. The van der Waals surface area contributed by atoms with E-state index < -0.39 is 11.7 Å². The number of hydrogen-bond donors (Lipinski definition) is 1. The summed E-state index contributed by atoms with van der Waals surface area (Å²) in [6.07, 6.45) is 1.02. The van der Waals surface area contributed by atoms with E-state index in [1.165, 1.54) is 23.1 Å². The fraction of sp³-hybridized carbons (Fsp3) is 0.300. The van der Waals surface area contributed by atoms with Crippen LogP contribution in [0.3, 0.4) is 0 Å². The lowest BCUT2D eigenvalue weighted by molar-refractivity contribution is -0.132. The number of hydrogen-bond acceptors (Lipinski definition) is 3. The van der Waals surface area contributed by atoms with E-state index in [0.29, 0.717) is 31.6 Å². The molecule has 2 aromatic carbocycles. The minimum atomic E-state index is -0.744. The number of rotatable bonds is 6. The molecule has 27 heavy (non-hydrogen) atoms. The van der Waals surface area contributed by atoms with E-state index in [4.69, 9.17) is 16.3 Å². The summed E-state index contributed by atoms with van der Waals surface area (Å²) in [5.41, 5.74) is 1.48. The van der Waals surface area contributed by atoms with Crippen LogP contribution in [0.2, 0.25) is 5.02 Å². The maximum absolute atomic E-state index is 13.3. The Morgan fingerprint density at radius 1 is 1.33 bits per heavy atom. The van der Waals surface area contributed by atoms with Gasteiger partial charge in [-0.25, -0.2) is 4.39 Å². The van der Waals surface area contributed by atoms with Gasteiger partial charge in [0.2, 0.25) is 11.8 Å². The van der Waals surface area contributed by atoms with Crippen LogP contribution in [0.5, 0.6) is 5.75 Å². The number of nitrogens with one attached hydrogen (secondary N) is 1. The molecule has 2 aromatic rings. The maximum Gasteiger partial charge on any atom is 0.239 e. The highest BCUT2D eigenvalue weighted by Crippen LogP contribution is 2.28. The van der Waals surface area contributed by atoms with Crippen molar-refractivity contribution in [1.29, 1.82) is 0 Å². The Hall–Kier alpha value is -2.60. The quantitative estimate of drug-likeness (QED) is 0.770. The van der Waals surface area contributed by atoms with Crippen LogP contribution in [0.4, 0.5) is 10.1 Å². The van der Waals surface area contributed by atoms with E-state index in [2.05, 4.69) is 5.32 Å². The molecular formula is C20H20ClFN2O3. The zero-order valence-electron chi connectivity index (χ0n) is 14.9. The van der Waals surface area contributed by atoms with Gasteiger partial charge in [0.05, 0.1) is 12.1 Å². The largest absolute Gasteiger partial charge is 0.496 e. The van der Waals surface area contributed by atoms with Crippen LogP contribution in [0.1, 0.15) is 12.0 Å². The Morgan fingerprint density at radius 3 is 2.85 bits per heavy atom. The first-order valence-corrected chi connectivity index (χ1v) is 9.05. The van der Waals surface area contributed by atoms with E-state index in [9.17, 15) is 14.0 Å². The van der Waals surface area contributed by atoms with E-state index in [1.54, 1.807) is 7.11 Å². The molecule has 1 aliphatic rings. The first-order chi connectivity index (χ1) is 13.0. The standard InChI is InChI=1S/C20H20ClFN2O3/c1-27-18-5-3-2-4-13(18)8-10-23-19(25)15-9-11-24(20(15)26)14-6-7-17(22)16(21)12-14/h2-7,12,15H,8-11H2,1H3,(H,23,25). The SMILES string of the molecule is COc1ccccc1CCNC(=O)C1CCN(c2ccc(F)c(Cl)c2)C1=O. The Morgan fingerprint density at radius 2 is 2.11 bits per heavy atom. The lowest BCUT2D eigenvalue weighted by Crippen LogP contribution is -2.37. The first-order valence-electron chi connectivity index (χ1n) is 8.67.